The first-order valence-electron chi connectivity index (χ1n) is 11.1. The summed E-state index contributed by atoms with van der Waals surface area (Å²) in [5.74, 6) is -0.787. The first-order valence-corrected chi connectivity index (χ1v) is 13.0. The Balaban J connectivity index is 0.000000237. The molecule has 0 aliphatic carbocycles. The average molecular weight is 660 g/mol. The van der Waals surface area contributed by atoms with Gasteiger partial charge in [-0.3, -0.25) is 9.59 Å². The van der Waals surface area contributed by atoms with Crippen LogP contribution in [-0.2, 0) is 16.0 Å². The highest BCUT2D eigenvalue weighted by molar-refractivity contribution is 6.66. The summed E-state index contributed by atoms with van der Waals surface area (Å²) in [4.78, 5) is 36.8. The van der Waals surface area contributed by atoms with Crippen LogP contribution < -0.4 is 5.73 Å². The van der Waals surface area contributed by atoms with E-state index in [0.717, 1.165) is 11.1 Å². The third-order valence-corrected chi connectivity index (χ3v) is 5.61. The molecular formula is C27H18Cl5F2N5O2. The molecule has 7 nitrogen and oxygen atoms in total. The number of carbonyl (C=O) groups excluding carboxylic acids is 2. The monoisotopic (exact) mass is 657 g/mol. The van der Waals surface area contributed by atoms with E-state index in [1.807, 2.05) is 0 Å². The lowest BCUT2D eigenvalue weighted by atomic mass is 10.1. The minimum atomic E-state index is -0.542. The molecule has 0 radical (unpaired) electrons. The van der Waals surface area contributed by atoms with Crippen LogP contribution in [0.5, 0.6) is 0 Å². The summed E-state index contributed by atoms with van der Waals surface area (Å²) < 4.78 is 25.1. The van der Waals surface area contributed by atoms with E-state index in [4.69, 9.17) is 63.7 Å². The van der Waals surface area contributed by atoms with E-state index >= 15 is 0 Å². The van der Waals surface area contributed by atoms with Gasteiger partial charge in [-0.1, -0.05) is 59.6 Å². The van der Waals surface area contributed by atoms with Crippen LogP contribution in [0.2, 0.25) is 20.9 Å². The molecule has 0 unspecified atom stereocenters. The minimum Gasteiger partial charge on any atom is -0.395 e. The summed E-state index contributed by atoms with van der Waals surface area (Å²) in [6.07, 6.45) is 8.60. The van der Waals surface area contributed by atoms with Crippen molar-refractivity contribution in [3.8, 4) is 0 Å². The van der Waals surface area contributed by atoms with Crippen molar-refractivity contribution in [3.63, 3.8) is 0 Å². The van der Waals surface area contributed by atoms with Gasteiger partial charge in [0.25, 0.3) is 0 Å². The largest absolute Gasteiger partial charge is 0.395 e. The molecule has 0 saturated heterocycles. The highest BCUT2D eigenvalue weighted by atomic mass is 35.5. The quantitative estimate of drug-likeness (QED) is 0.0977. The van der Waals surface area contributed by atoms with E-state index < -0.39 is 5.24 Å². The number of anilines is 1. The summed E-state index contributed by atoms with van der Waals surface area (Å²) >= 11 is 27.3. The molecule has 4 aromatic rings. The highest BCUT2D eigenvalue weighted by Gasteiger charge is 2.07. The fourth-order valence-corrected chi connectivity index (χ4v) is 3.32. The summed E-state index contributed by atoms with van der Waals surface area (Å²) in [6, 6.07) is 11.6. The molecule has 2 N–H and O–H groups in total. The molecule has 2 aromatic heterocycles. The lowest BCUT2D eigenvalue weighted by Crippen LogP contribution is -2.01. The topological polar surface area (TPSA) is 112 Å². The fourth-order valence-electron chi connectivity index (χ4n) is 2.58. The van der Waals surface area contributed by atoms with Gasteiger partial charge in [-0.25, -0.2) is 28.7 Å². The molecule has 0 spiro atoms. The molecule has 0 bridgehead atoms. The van der Waals surface area contributed by atoms with Crippen molar-refractivity contribution in [1.82, 2.24) is 19.9 Å². The molecule has 0 saturated carbocycles. The van der Waals surface area contributed by atoms with E-state index in [1.165, 1.54) is 54.9 Å². The van der Waals surface area contributed by atoms with Gasteiger partial charge in [0.1, 0.15) is 16.8 Å². The zero-order chi connectivity index (χ0) is 30.4. The zero-order valence-electron chi connectivity index (χ0n) is 20.6. The number of carbonyl (C=O) groups is 2. The van der Waals surface area contributed by atoms with Gasteiger partial charge >= 0.3 is 0 Å². The molecule has 14 heteroatoms. The van der Waals surface area contributed by atoms with Crippen LogP contribution in [-0.4, -0.2) is 31.0 Å². The van der Waals surface area contributed by atoms with Crippen molar-refractivity contribution in [2.45, 2.75) is 6.42 Å². The highest BCUT2D eigenvalue weighted by Crippen LogP contribution is 2.16. The summed E-state index contributed by atoms with van der Waals surface area (Å²) in [5, 5.41) is -0.0508. The Kier molecular flexibility index (Phi) is 14.3. The Morgan fingerprint density at radius 1 is 0.732 bits per heavy atom. The molecular weight excluding hydrogens is 642 g/mol. The number of benzene rings is 2. The number of nitrogen functional groups attached to an aromatic ring is 1. The molecule has 41 heavy (non-hydrogen) atoms. The normalized spacial score (nSPS) is 10.5. The van der Waals surface area contributed by atoms with Crippen LogP contribution in [0.25, 0.3) is 12.2 Å². The van der Waals surface area contributed by atoms with E-state index in [9.17, 15) is 18.4 Å². The maximum absolute atomic E-state index is 12.7. The van der Waals surface area contributed by atoms with Gasteiger partial charge in [0.15, 0.2) is 10.9 Å². The number of allylic oxidation sites excluding steroid dienone is 2. The van der Waals surface area contributed by atoms with Gasteiger partial charge in [-0.05, 0) is 82.3 Å². The van der Waals surface area contributed by atoms with Crippen LogP contribution in [0.4, 0.5) is 14.5 Å². The van der Waals surface area contributed by atoms with Crippen molar-refractivity contribution in [3.05, 3.63) is 122 Å². The Hall–Kier alpha value is -3.47. The van der Waals surface area contributed by atoms with Crippen LogP contribution in [0.1, 0.15) is 16.7 Å². The average Bonchev–Trinajstić information content (AvgIpc) is 2.92. The molecule has 212 valence electrons. The predicted molar refractivity (Wildman–Crippen MR) is 159 cm³/mol. The first-order chi connectivity index (χ1) is 19.4. The molecule has 0 aliphatic rings. The number of hydrogen-bond acceptors (Lipinski definition) is 7. The van der Waals surface area contributed by atoms with Crippen molar-refractivity contribution in [2.24, 2.45) is 0 Å². The third-order valence-electron chi connectivity index (χ3n) is 4.49. The maximum Gasteiger partial charge on any atom is 0.245 e. The van der Waals surface area contributed by atoms with E-state index in [2.05, 4.69) is 19.9 Å². The van der Waals surface area contributed by atoms with Crippen molar-refractivity contribution in [2.75, 3.05) is 5.73 Å². The van der Waals surface area contributed by atoms with Gasteiger partial charge in [-0.15, -0.1) is 0 Å². The summed E-state index contributed by atoms with van der Waals surface area (Å²) in [5.41, 5.74) is 7.59. The summed E-state index contributed by atoms with van der Waals surface area (Å²) in [7, 11) is 0. The number of nitrogens with two attached hydrogens (primary N) is 1. The molecule has 2 heterocycles. The Bertz CT molecular complexity index is 1540. The molecule has 4 rings (SSSR count). The lowest BCUT2D eigenvalue weighted by molar-refractivity contribution is -0.114. The molecule has 0 aliphatic heterocycles. The molecule has 2 aromatic carbocycles. The standard InChI is InChI=1S/C14H9Cl2FN2O.C9H6ClFO.C4H3Cl2N3/c15-13-10(8-18-14(16)19-13)7-12(20)6-3-9-1-4-11(17)5-2-9;10-9(12)6-3-7-1-4-8(11)5-2-7;5-3-2(7)1-8-4(6)9-3/h1-6,8H,7H2;1-6H;1H,7H2/b2*6-3+;. The van der Waals surface area contributed by atoms with Crippen LogP contribution >= 0.6 is 58.0 Å². The van der Waals surface area contributed by atoms with E-state index in [-0.39, 0.29) is 44.7 Å². The number of hydrogen-bond donors (Lipinski definition) is 1. The Morgan fingerprint density at radius 2 is 1.20 bits per heavy atom. The minimum absolute atomic E-state index is 0.0352. The maximum atomic E-state index is 12.7. The SMILES string of the molecule is Nc1cnc(Cl)nc1Cl.O=C(/C=C/c1ccc(F)cc1)Cc1cnc(Cl)nc1Cl.O=C(Cl)/C=C/c1ccc(F)cc1. The number of ketones is 1. The lowest BCUT2D eigenvalue weighted by Gasteiger charge is -2.00. The molecule has 0 amide bonds. The second-order valence-corrected chi connectivity index (χ2v) is 9.32. The fraction of sp³-hybridized carbons (Fsp3) is 0.0370. The van der Waals surface area contributed by atoms with Crippen LogP contribution in [0, 0.1) is 11.6 Å². The second kappa shape index (κ2) is 17.4. The summed E-state index contributed by atoms with van der Waals surface area (Å²) in [6.45, 7) is 0. The zero-order valence-corrected chi connectivity index (χ0v) is 24.4. The predicted octanol–water partition coefficient (Wildman–Crippen LogP) is 7.72. The number of halogens is 7. The molecule has 0 atom stereocenters. The van der Waals surface area contributed by atoms with E-state index in [1.54, 1.807) is 30.3 Å². The van der Waals surface area contributed by atoms with Crippen molar-refractivity contribution >= 4 is 86.9 Å². The number of nitrogens with zero attached hydrogens (tertiary/aromatic N) is 4. The smallest absolute Gasteiger partial charge is 0.245 e. The number of aromatic nitrogens is 4. The van der Waals surface area contributed by atoms with Crippen LogP contribution in [0.3, 0.4) is 0 Å². The van der Waals surface area contributed by atoms with Crippen LogP contribution in [0.15, 0.2) is 73.1 Å². The van der Waals surface area contributed by atoms with Crippen molar-refractivity contribution in [1.29, 1.82) is 0 Å². The van der Waals surface area contributed by atoms with Gasteiger partial charge in [0.2, 0.25) is 15.8 Å². The Morgan fingerprint density at radius 3 is 1.63 bits per heavy atom. The molecule has 0 fully saturated rings. The van der Waals surface area contributed by atoms with Crippen molar-refractivity contribution < 1.29 is 18.4 Å². The Labute approximate surface area is 258 Å². The van der Waals surface area contributed by atoms with E-state index in [0.29, 0.717) is 11.3 Å². The van der Waals surface area contributed by atoms with Gasteiger partial charge in [0.05, 0.1) is 11.9 Å². The van der Waals surface area contributed by atoms with Gasteiger partial charge in [-0.2, -0.15) is 0 Å². The van der Waals surface area contributed by atoms with Gasteiger partial charge in [0, 0.05) is 18.2 Å². The second-order valence-electron chi connectivity index (χ2n) is 7.56. The number of rotatable bonds is 6. The third kappa shape index (κ3) is 13.6. The first kappa shape index (κ1) is 33.7. The van der Waals surface area contributed by atoms with Gasteiger partial charge < -0.3 is 5.73 Å².